The Morgan fingerprint density at radius 1 is 1.15 bits per heavy atom. The van der Waals surface area contributed by atoms with Crippen molar-refractivity contribution < 1.29 is 32.2 Å². The zero-order valence-corrected chi connectivity index (χ0v) is 24.4. The Morgan fingerprint density at radius 2 is 1.87 bits per heavy atom. The van der Waals surface area contributed by atoms with Gasteiger partial charge in [-0.25, -0.2) is 8.42 Å². The van der Waals surface area contributed by atoms with Gasteiger partial charge in [0, 0.05) is 27.4 Å². The number of nitrogens with two attached hydrogens (primary N) is 1. The van der Waals surface area contributed by atoms with E-state index >= 15 is 0 Å². The molecule has 1 aliphatic heterocycles. The van der Waals surface area contributed by atoms with Crippen LogP contribution in [0.2, 0.25) is 5.02 Å². The summed E-state index contributed by atoms with van der Waals surface area (Å²) in [4.78, 5) is 28.2. The van der Waals surface area contributed by atoms with Gasteiger partial charge < -0.3 is 24.8 Å². The van der Waals surface area contributed by atoms with Crippen molar-refractivity contribution in [2.24, 2.45) is 5.73 Å². The van der Waals surface area contributed by atoms with Crippen LogP contribution in [0.25, 0.3) is 10.4 Å². The Morgan fingerprint density at radius 3 is 2.49 bits per heavy atom. The van der Waals surface area contributed by atoms with E-state index in [4.69, 9.17) is 31.5 Å². The van der Waals surface area contributed by atoms with Crippen LogP contribution in [0.5, 0.6) is 11.5 Å². The van der Waals surface area contributed by atoms with Gasteiger partial charge in [0.1, 0.15) is 12.7 Å². The summed E-state index contributed by atoms with van der Waals surface area (Å²) in [5.74, 6) is -0.678. The minimum atomic E-state index is -3.44. The van der Waals surface area contributed by atoms with Gasteiger partial charge in [0.15, 0.2) is 21.3 Å². The molecule has 1 amide bonds. The number of amides is 1. The van der Waals surface area contributed by atoms with Gasteiger partial charge in [-0.3, -0.25) is 9.59 Å². The third-order valence-corrected chi connectivity index (χ3v) is 9.16. The fourth-order valence-corrected chi connectivity index (χ4v) is 6.15. The highest BCUT2D eigenvalue weighted by Gasteiger charge is 2.32. The number of carbonyl (C=O) groups excluding carboxylic acids is 2. The molecule has 2 aromatic carbocycles. The van der Waals surface area contributed by atoms with Gasteiger partial charge in [-0.05, 0) is 41.5 Å². The summed E-state index contributed by atoms with van der Waals surface area (Å²) in [6.07, 6.45) is -1.04. The van der Waals surface area contributed by atoms with Crippen molar-refractivity contribution in [3.8, 4) is 21.9 Å². The van der Waals surface area contributed by atoms with E-state index in [0.717, 1.165) is 16.0 Å². The maximum Gasteiger partial charge on any atom is 0.320 e. The number of carbonyl (C=O) groups is 2. The number of thiophene rings is 1. The third-order valence-electron chi connectivity index (χ3n) is 5.93. The first kappa shape index (κ1) is 30.7. The number of hydrogen-bond acceptors (Lipinski definition) is 9. The van der Waals surface area contributed by atoms with Crippen LogP contribution in [-0.4, -0.2) is 58.2 Å². The molecule has 0 aliphatic carbocycles. The summed E-state index contributed by atoms with van der Waals surface area (Å²) in [6.45, 7) is 1.33. The Labute approximate surface area is 242 Å². The Balaban J connectivity index is 0.00000420. The van der Waals surface area contributed by atoms with Crippen molar-refractivity contribution in [3.63, 3.8) is 0 Å². The number of anilines is 1. The first-order chi connectivity index (χ1) is 18.1. The monoisotopic (exact) mass is 614 g/mol. The highest BCUT2D eigenvalue weighted by atomic mass is 35.5. The zero-order chi connectivity index (χ0) is 27.4. The standard InChI is InChI=1S/C26H27ClN2O7S2.ClH/c1-3-38(32,33)15-20(36-24(30)12-28)14-35-21-9-8-19(11-22(21)34-2)29-13-17-10-23(37-25(17)26(29)31)16-4-6-18(27)7-5-16;/h4-11,20H,3,12-15,28H2,1-2H3;1H/t20-;/m0./s1. The summed E-state index contributed by atoms with van der Waals surface area (Å²) < 4.78 is 40.6. The zero-order valence-electron chi connectivity index (χ0n) is 21.2. The minimum absolute atomic E-state index is 0. The highest BCUT2D eigenvalue weighted by Crippen LogP contribution is 2.40. The number of esters is 1. The average Bonchev–Trinajstić information content (AvgIpc) is 3.46. The van der Waals surface area contributed by atoms with Crippen molar-refractivity contribution in [2.75, 3.05) is 36.7 Å². The SMILES string of the molecule is CCS(=O)(=O)C[C@H](COc1ccc(N2Cc3cc(-c4ccc(Cl)cc4)sc3C2=O)cc1OC)OC(=O)CN.Cl. The summed E-state index contributed by atoms with van der Waals surface area (Å²) in [5.41, 5.74) is 7.86. The van der Waals surface area contributed by atoms with Crippen LogP contribution in [-0.2, 0) is 25.9 Å². The second-order valence-electron chi connectivity index (χ2n) is 8.52. The Hall–Kier alpha value is -2.83. The molecule has 0 saturated heterocycles. The molecule has 39 heavy (non-hydrogen) atoms. The fourth-order valence-electron chi connectivity index (χ4n) is 3.93. The van der Waals surface area contributed by atoms with Crippen molar-refractivity contribution in [3.05, 3.63) is 64.0 Å². The lowest BCUT2D eigenvalue weighted by Gasteiger charge is -2.21. The number of ether oxygens (including phenoxy) is 3. The van der Waals surface area contributed by atoms with Crippen LogP contribution in [0.4, 0.5) is 5.69 Å². The third kappa shape index (κ3) is 7.23. The van der Waals surface area contributed by atoms with Crippen LogP contribution >= 0.6 is 35.3 Å². The second-order valence-corrected chi connectivity index (χ2v) is 12.4. The van der Waals surface area contributed by atoms with Crippen LogP contribution in [0.15, 0.2) is 48.5 Å². The van der Waals surface area contributed by atoms with Gasteiger partial charge in [-0.15, -0.1) is 23.7 Å². The largest absolute Gasteiger partial charge is 0.493 e. The number of sulfone groups is 1. The van der Waals surface area contributed by atoms with Crippen LogP contribution in [0.1, 0.15) is 22.2 Å². The summed E-state index contributed by atoms with van der Waals surface area (Å²) in [5, 5.41) is 0.652. The molecule has 0 radical (unpaired) electrons. The molecule has 1 aliphatic rings. The quantitative estimate of drug-likeness (QED) is 0.316. The van der Waals surface area contributed by atoms with E-state index in [1.807, 2.05) is 30.3 Å². The molecular formula is C26H28Cl2N2O7S2. The summed E-state index contributed by atoms with van der Waals surface area (Å²) in [7, 11) is -1.98. The molecule has 0 fully saturated rings. The molecule has 9 nitrogen and oxygen atoms in total. The Kier molecular flexibility index (Phi) is 10.2. The van der Waals surface area contributed by atoms with Crippen molar-refractivity contribution in [1.82, 2.24) is 0 Å². The van der Waals surface area contributed by atoms with Crippen molar-refractivity contribution in [2.45, 2.75) is 19.6 Å². The first-order valence-electron chi connectivity index (χ1n) is 11.8. The molecule has 1 atom stereocenters. The number of methoxy groups -OCH3 is 1. The smallest absolute Gasteiger partial charge is 0.320 e. The van der Waals surface area contributed by atoms with Crippen molar-refractivity contribution in [1.29, 1.82) is 0 Å². The molecular weight excluding hydrogens is 587 g/mol. The van der Waals surface area contributed by atoms with Crippen LogP contribution in [0.3, 0.4) is 0 Å². The molecule has 2 heterocycles. The maximum absolute atomic E-state index is 13.2. The van der Waals surface area contributed by atoms with E-state index in [0.29, 0.717) is 33.6 Å². The van der Waals surface area contributed by atoms with Crippen LogP contribution < -0.4 is 20.1 Å². The normalized spacial score (nSPS) is 13.4. The molecule has 0 unspecified atom stereocenters. The van der Waals surface area contributed by atoms with Crippen LogP contribution in [0, 0.1) is 0 Å². The molecule has 0 bridgehead atoms. The van der Waals surface area contributed by atoms with E-state index < -0.39 is 27.7 Å². The van der Waals surface area contributed by atoms with E-state index in [2.05, 4.69) is 0 Å². The molecule has 1 aromatic heterocycles. The molecule has 2 N–H and O–H groups in total. The first-order valence-corrected chi connectivity index (χ1v) is 14.8. The van der Waals surface area contributed by atoms with Gasteiger partial charge in [0.05, 0.1) is 30.8 Å². The summed E-state index contributed by atoms with van der Waals surface area (Å²) >= 11 is 7.42. The highest BCUT2D eigenvalue weighted by molar-refractivity contribution is 7.91. The predicted octanol–water partition coefficient (Wildman–Crippen LogP) is 4.34. The number of halogens is 2. The molecule has 13 heteroatoms. The lowest BCUT2D eigenvalue weighted by molar-refractivity contribution is -0.147. The molecule has 3 aromatic rings. The van der Waals surface area contributed by atoms with Gasteiger partial charge in [0.25, 0.3) is 5.91 Å². The lowest BCUT2D eigenvalue weighted by Crippen LogP contribution is -2.35. The number of fused-ring (bicyclic) bond motifs is 1. The fraction of sp³-hybridized carbons (Fsp3) is 0.308. The van der Waals surface area contributed by atoms with E-state index in [-0.39, 0.29) is 37.2 Å². The number of hydrogen-bond donors (Lipinski definition) is 1. The topological polar surface area (TPSA) is 125 Å². The maximum atomic E-state index is 13.2. The van der Waals surface area contributed by atoms with E-state index in [1.54, 1.807) is 23.1 Å². The van der Waals surface area contributed by atoms with Gasteiger partial charge >= 0.3 is 5.97 Å². The van der Waals surface area contributed by atoms with Gasteiger partial charge in [-0.2, -0.15) is 0 Å². The van der Waals surface area contributed by atoms with Gasteiger partial charge in [0.2, 0.25) is 0 Å². The second kappa shape index (κ2) is 13.0. The van der Waals surface area contributed by atoms with Crippen molar-refractivity contribution >= 4 is 62.7 Å². The number of benzene rings is 2. The average molecular weight is 616 g/mol. The molecule has 0 spiro atoms. The molecule has 4 rings (SSSR count). The minimum Gasteiger partial charge on any atom is -0.493 e. The van der Waals surface area contributed by atoms with Gasteiger partial charge in [-0.1, -0.05) is 30.7 Å². The number of nitrogens with zero attached hydrogens (tertiary/aromatic N) is 1. The lowest BCUT2D eigenvalue weighted by atomic mass is 10.1. The van der Waals surface area contributed by atoms with E-state index in [1.165, 1.54) is 25.4 Å². The Bertz CT molecular complexity index is 1440. The molecule has 210 valence electrons. The summed E-state index contributed by atoms with van der Waals surface area (Å²) in [6, 6.07) is 14.5. The predicted molar refractivity (Wildman–Crippen MR) is 154 cm³/mol. The van der Waals surface area contributed by atoms with E-state index in [9.17, 15) is 18.0 Å². The number of rotatable bonds is 11. The molecule has 0 saturated carbocycles.